The van der Waals surface area contributed by atoms with Gasteiger partial charge in [-0.25, -0.2) is 18.1 Å². The molecule has 3 aromatic carbocycles. The summed E-state index contributed by atoms with van der Waals surface area (Å²) in [5.41, 5.74) is 5.54. The number of nitrogens with zero attached hydrogens (tertiary/aromatic N) is 2. The van der Waals surface area contributed by atoms with E-state index >= 15 is 0 Å². The van der Waals surface area contributed by atoms with E-state index in [1.165, 1.54) is 6.08 Å². The first-order valence-electron chi connectivity index (χ1n) is 12.2. The van der Waals surface area contributed by atoms with Gasteiger partial charge in [0.2, 0.25) is 0 Å². The maximum Gasteiger partial charge on any atom is 0.265 e. The zero-order chi connectivity index (χ0) is 26.7. The van der Waals surface area contributed by atoms with Crippen molar-refractivity contribution in [2.75, 3.05) is 0 Å². The van der Waals surface area contributed by atoms with Gasteiger partial charge in [-0.3, -0.25) is 4.79 Å². The van der Waals surface area contributed by atoms with E-state index in [4.69, 9.17) is 11.6 Å². The van der Waals surface area contributed by atoms with Crippen molar-refractivity contribution in [3.8, 4) is 11.1 Å². The normalized spacial score (nSPS) is 13.7. The molecular formula is C30H26ClN3O3S. The van der Waals surface area contributed by atoms with E-state index in [-0.39, 0.29) is 5.56 Å². The molecule has 1 heterocycles. The van der Waals surface area contributed by atoms with E-state index in [2.05, 4.69) is 9.71 Å². The molecule has 0 saturated heterocycles. The molecule has 0 saturated carbocycles. The zero-order valence-corrected chi connectivity index (χ0v) is 22.3. The number of benzene rings is 3. The Hall–Kier alpha value is -3.94. The highest BCUT2D eigenvalue weighted by molar-refractivity contribution is 7.92. The Kier molecular flexibility index (Phi) is 7.31. The lowest BCUT2D eigenvalue weighted by atomic mass is 10.0. The summed E-state index contributed by atoms with van der Waals surface area (Å²) < 4.78 is 29.1. The number of imidazole rings is 1. The van der Waals surface area contributed by atoms with Crippen molar-refractivity contribution in [1.29, 1.82) is 0 Å². The molecule has 5 rings (SSSR count). The molecular weight excluding hydrogens is 518 g/mol. The van der Waals surface area contributed by atoms with Crippen LogP contribution in [-0.2, 0) is 16.6 Å². The molecule has 0 bridgehead atoms. The minimum absolute atomic E-state index is 0.223. The molecule has 6 nitrogen and oxygen atoms in total. The molecule has 192 valence electrons. The number of carbonyl (C=O) groups excluding carboxylic acids is 1. The average Bonchev–Trinajstić information content (AvgIpc) is 3.23. The fraction of sp³-hybridized carbons (Fsp3) is 0.133. The van der Waals surface area contributed by atoms with E-state index in [1.807, 2.05) is 78.2 Å². The van der Waals surface area contributed by atoms with Crippen LogP contribution in [0.3, 0.4) is 0 Å². The molecule has 1 aliphatic rings. The summed E-state index contributed by atoms with van der Waals surface area (Å²) >= 11 is 6.66. The first-order chi connectivity index (χ1) is 18.3. The zero-order valence-electron chi connectivity index (χ0n) is 20.8. The molecule has 1 amide bonds. The quantitative estimate of drug-likeness (QED) is 0.286. The number of halogens is 1. The summed E-state index contributed by atoms with van der Waals surface area (Å²) in [4.78, 5) is 17.5. The van der Waals surface area contributed by atoms with E-state index in [9.17, 15) is 13.2 Å². The second-order valence-corrected chi connectivity index (χ2v) is 11.1. The van der Waals surface area contributed by atoms with E-state index in [0.717, 1.165) is 46.3 Å². The number of amides is 1. The molecule has 0 fully saturated rings. The smallest absolute Gasteiger partial charge is 0.265 e. The van der Waals surface area contributed by atoms with Gasteiger partial charge in [0.05, 0.1) is 23.0 Å². The Morgan fingerprint density at radius 1 is 1.08 bits per heavy atom. The number of nitrogens with one attached hydrogen (secondary N) is 1. The lowest BCUT2D eigenvalue weighted by molar-refractivity contribution is 0.0982. The maximum atomic E-state index is 12.9. The van der Waals surface area contributed by atoms with Crippen LogP contribution in [0, 0.1) is 6.92 Å². The number of fused-ring (bicyclic) bond motifs is 1. The molecule has 0 radical (unpaired) electrons. The predicted molar refractivity (Wildman–Crippen MR) is 152 cm³/mol. The van der Waals surface area contributed by atoms with Crippen molar-refractivity contribution in [2.45, 2.75) is 26.3 Å². The third kappa shape index (κ3) is 5.79. The second-order valence-electron chi connectivity index (χ2n) is 9.11. The van der Waals surface area contributed by atoms with Gasteiger partial charge in [-0.2, -0.15) is 0 Å². The van der Waals surface area contributed by atoms with Crippen LogP contribution in [0.15, 0.2) is 102 Å². The number of allylic oxidation sites excluding steroid dienone is 5. The van der Waals surface area contributed by atoms with Gasteiger partial charge in [-0.05, 0) is 72.4 Å². The number of hydrogen-bond donors (Lipinski definition) is 1. The fourth-order valence-electron chi connectivity index (χ4n) is 4.40. The number of rotatable bonds is 7. The molecule has 38 heavy (non-hydrogen) atoms. The second kappa shape index (κ2) is 10.8. The Labute approximate surface area is 227 Å². The maximum absolute atomic E-state index is 12.9. The minimum atomic E-state index is -3.95. The highest BCUT2D eigenvalue weighted by atomic mass is 35.5. The summed E-state index contributed by atoms with van der Waals surface area (Å²) in [6, 6.07) is 20.9. The monoisotopic (exact) mass is 543 g/mol. The molecule has 1 aromatic heterocycles. The van der Waals surface area contributed by atoms with Crippen LogP contribution in [-0.4, -0.2) is 23.9 Å². The Morgan fingerprint density at radius 3 is 2.63 bits per heavy atom. The van der Waals surface area contributed by atoms with Gasteiger partial charge in [-0.15, -0.1) is 0 Å². The predicted octanol–water partition coefficient (Wildman–Crippen LogP) is 6.56. The van der Waals surface area contributed by atoms with Crippen molar-refractivity contribution < 1.29 is 13.2 Å². The van der Waals surface area contributed by atoms with Crippen LogP contribution in [0.1, 0.15) is 34.6 Å². The van der Waals surface area contributed by atoms with E-state index < -0.39 is 15.9 Å². The highest BCUT2D eigenvalue weighted by Gasteiger charge is 2.17. The minimum Gasteiger partial charge on any atom is -0.324 e. The number of sulfonamides is 1. The first kappa shape index (κ1) is 25.7. The molecule has 1 aliphatic carbocycles. The van der Waals surface area contributed by atoms with Gasteiger partial charge < -0.3 is 4.57 Å². The van der Waals surface area contributed by atoms with Crippen molar-refractivity contribution in [1.82, 2.24) is 14.3 Å². The lowest BCUT2D eigenvalue weighted by Crippen LogP contribution is -2.28. The van der Waals surface area contributed by atoms with Gasteiger partial charge in [0, 0.05) is 10.6 Å². The van der Waals surface area contributed by atoms with Gasteiger partial charge in [0.25, 0.3) is 15.9 Å². The van der Waals surface area contributed by atoms with Crippen LogP contribution in [0.4, 0.5) is 0 Å². The SMILES string of the molecule is Cc1nc2ccc(C(=O)NS(=O)(=O)/C=C/C3=CC=CCC3)cc2n1Cc1ccc(-c2ccccc2)cc1Cl. The first-order valence-corrected chi connectivity index (χ1v) is 14.1. The van der Waals surface area contributed by atoms with Crippen LogP contribution < -0.4 is 4.72 Å². The fourth-order valence-corrected chi connectivity index (χ4v) is 5.44. The molecule has 0 atom stereocenters. The van der Waals surface area contributed by atoms with Gasteiger partial charge >= 0.3 is 0 Å². The third-order valence-electron chi connectivity index (χ3n) is 6.43. The van der Waals surface area contributed by atoms with Gasteiger partial charge in [0.15, 0.2) is 0 Å². The summed E-state index contributed by atoms with van der Waals surface area (Å²) in [7, 11) is -3.95. The Balaban J connectivity index is 1.38. The summed E-state index contributed by atoms with van der Waals surface area (Å²) in [5.74, 6) is 0.0517. The topological polar surface area (TPSA) is 81.1 Å². The van der Waals surface area contributed by atoms with Crippen LogP contribution >= 0.6 is 11.6 Å². The summed E-state index contributed by atoms with van der Waals surface area (Å²) in [5, 5.41) is 1.66. The van der Waals surface area contributed by atoms with E-state index in [0.29, 0.717) is 22.6 Å². The molecule has 0 unspecified atom stereocenters. The number of aryl methyl sites for hydroxylation is 1. The van der Waals surface area contributed by atoms with Crippen LogP contribution in [0.25, 0.3) is 22.2 Å². The Morgan fingerprint density at radius 2 is 1.89 bits per heavy atom. The highest BCUT2D eigenvalue weighted by Crippen LogP contribution is 2.28. The number of hydrogen-bond acceptors (Lipinski definition) is 4. The number of aromatic nitrogens is 2. The van der Waals surface area contributed by atoms with Crippen molar-refractivity contribution >= 4 is 38.6 Å². The molecule has 8 heteroatoms. The van der Waals surface area contributed by atoms with E-state index in [1.54, 1.807) is 18.2 Å². The van der Waals surface area contributed by atoms with Crippen molar-refractivity contribution in [3.05, 3.63) is 124 Å². The van der Waals surface area contributed by atoms with Crippen LogP contribution in [0.5, 0.6) is 0 Å². The van der Waals surface area contributed by atoms with Crippen LogP contribution in [0.2, 0.25) is 5.02 Å². The van der Waals surface area contributed by atoms with Gasteiger partial charge in [-0.1, -0.05) is 72.3 Å². The third-order valence-corrected chi connectivity index (χ3v) is 7.75. The Bertz CT molecular complexity index is 1720. The summed E-state index contributed by atoms with van der Waals surface area (Å²) in [6.07, 6.45) is 8.90. The van der Waals surface area contributed by atoms with Gasteiger partial charge in [0.1, 0.15) is 5.82 Å². The van der Waals surface area contributed by atoms with Crippen molar-refractivity contribution in [2.24, 2.45) is 0 Å². The molecule has 4 aromatic rings. The standard InChI is InChI=1S/C30H26ClN3O3S/c1-21-32-28-15-14-25(30(35)33-38(36,37)17-16-22-8-4-2-5-9-22)19-29(28)34(21)20-26-13-12-24(18-27(26)31)23-10-6-3-7-11-23/h2-4,6-8,10-19H,5,9,20H2,1H3,(H,33,35)/b17-16+. The largest absolute Gasteiger partial charge is 0.324 e. The molecule has 1 N–H and O–H groups in total. The lowest BCUT2D eigenvalue weighted by Gasteiger charge is -2.11. The average molecular weight is 544 g/mol. The number of carbonyl (C=O) groups is 1. The van der Waals surface area contributed by atoms with Crippen molar-refractivity contribution in [3.63, 3.8) is 0 Å². The summed E-state index contributed by atoms with van der Waals surface area (Å²) in [6.45, 7) is 2.34. The molecule has 0 aliphatic heterocycles. The molecule has 0 spiro atoms.